The van der Waals surface area contributed by atoms with E-state index >= 15 is 0 Å². The SMILES string of the molecule is CN(CC(=O)NCCN)C(=O)c1ccc(Br)o1. The average Bonchev–Trinajstić information content (AvgIpc) is 2.72. The summed E-state index contributed by atoms with van der Waals surface area (Å²) in [6, 6.07) is 3.16. The van der Waals surface area contributed by atoms with E-state index in [4.69, 9.17) is 10.2 Å². The zero-order valence-corrected chi connectivity index (χ0v) is 11.0. The number of nitrogens with two attached hydrogens (primary N) is 1. The summed E-state index contributed by atoms with van der Waals surface area (Å²) in [7, 11) is 1.53. The van der Waals surface area contributed by atoms with Gasteiger partial charge in [0, 0.05) is 20.1 Å². The third-order valence-corrected chi connectivity index (χ3v) is 2.40. The van der Waals surface area contributed by atoms with Crippen LogP contribution in [0.3, 0.4) is 0 Å². The van der Waals surface area contributed by atoms with Crippen molar-refractivity contribution in [2.75, 3.05) is 26.7 Å². The zero-order chi connectivity index (χ0) is 12.8. The maximum Gasteiger partial charge on any atom is 0.289 e. The van der Waals surface area contributed by atoms with Gasteiger partial charge in [-0.25, -0.2) is 0 Å². The topological polar surface area (TPSA) is 88.6 Å². The number of carbonyl (C=O) groups excluding carboxylic acids is 2. The molecule has 0 aliphatic rings. The monoisotopic (exact) mass is 303 g/mol. The summed E-state index contributed by atoms with van der Waals surface area (Å²) in [4.78, 5) is 24.4. The van der Waals surface area contributed by atoms with Crippen molar-refractivity contribution in [2.45, 2.75) is 0 Å². The Morgan fingerprint density at radius 2 is 2.24 bits per heavy atom. The minimum absolute atomic E-state index is 0.0306. The third-order valence-electron chi connectivity index (χ3n) is 1.98. The highest BCUT2D eigenvalue weighted by molar-refractivity contribution is 9.10. The van der Waals surface area contributed by atoms with E-state index in [1.54, 1.807) is 12.1 Å². The van der Waals surface area contributed by atoms with Crippen LogP contribution in [0.15, 0.2) is 21.2 Å². The van der Waals surface area contributed by atoms with E-state index in [0.717, 1.165) is 0 Å². The van der Waals surface area contributed by atoms with Crippen LogP contribution in [0.4, 0.5) is 0 Å². The molecule has 0 saturated carbocycles. The molecule has 0 radical (unpaired) electrons. The summed E-state index contributed by atoms with van der Waals surface area (Å²) in [6.07, 6.45) is 0. The molecule has 1 aromatic heterocycles. The summed E-state index contributed by atoms with van der Waals surface area (Å²) in [6.45, 7) is 0.735. The fourth-order valence-electron chi connectivity index (χ4n) is 1.17. The number of hydrogen-bond donors (Lipinski definition) is 2. The molecule has 1 heterocycles. The van der Waals surface area contributed by atoms with Gasteiger partial charge >= 0.3 is 0 Å². The maximum atomic E-state index is 11.8. The molecule has 0 bridgehead atoms. The number of carbonyl (C=O) groups is 2. The number of nitrogens with zero attached hydrogens (tertiary/aromatic N) is 1. The van der Waals surface area contributed by atoms with E-state index in [-0.39, 0.29) is 24.1 Å². The first-order valence-corrected chi connectivity index (χ1v) is 5.81. The Bertz CT molecular complexity index is 405. The Labute approximate surface area is 107 Å². The van der Waals surface area contributed by atoms with E-state index in [1.807, 2.05) is 0 Å². The van der Waals surface area contributed by atoms with Gasteiger partial charge in [0.1, 0.15) is 0 Å². The van der Waals surface area contributed by atoms with Crippen LogP contribution < -0.4 is 11.1 Å². The molecule has 0 spiro atoms. The van der Waals surface area contributed by atoms with Crippen LogP contribution in [-0.4, -0.2) is 43.4 Å². The smallest absolute Gasteiger partial charge is 0.289 e. The quantitative estimate of drug-likeness (QED) is 0.813. The molecular weight excluding hydrogens is 290 g/mol. The Morgan fingerprint density at radius 1 is 1.53 bits per heavy atom. The van der Waals surface area contributed by atoms with E-state index < -0.39 is 0 Å². The van der Waals surface area contributed by atoms with Crippen molar-refractivity contribution in [1.82, 2.24) is 10.2 Å². The van der Waals surface area contributed by atoms with Crippen LogP contribution in [0, 0.1) is 0 Å². The predicted molar refractivity (Wildman–Crippen MR) is 65.4 cm³/mol. The Balaban J connectivity index is 2.50. The second-order valence-electron chi connectivity index (χ2n) is 3.40. The van der Waals surface area contributed by atoms with Crippen molar-refractivity contribution in [1.29, 1.82) is 0 Å². The molecule has 1 aromatic rings. The molecule has 0 atom stereocenters. The van der Waals surface area contributed by atoms with Crippen molar-refractivity contribution in [3.05, 3.63) is 22.6 Å². The minimum atomic E-state index is -0.349. The zero-order valence-electron chi connectivity index (χ0n) is 9.40. The van der Waals surface area contributed by atoms with Gasteiger partial charge in [-0.3, -0.25) is 9.59 Å². The number of halogens is 1. The molecule has 2 amide bonds. The Kier molecular flexibility index (Phi) is 5.17. The molecule has 0 fully saturated rings. The fraction of sp³-hybridized carbons (Fsp3) is 0.400. The molecule has 3 N–H and O–H groups in total. The summed E-state index contributed by atoms with van der Waals surface area (Å²) in [5, 5.41) is 2.58. The summed E-state index contributed by atoms with van der Waals surface area (Å²) < 4.78 is 5.58. The van der Waals surface area contributed by atoms with Crippen LogP contribution in [0.1, 0.15) is 10.6 Å². The van der Waals surface area contributed by atoms with Gasteiger partial charge in [0.25, 0.3) is 5.91 Å². The average molecular weight is 304 g/mol. The highest BCUT2D eigenvalue weighted by atomic mass is 79.9. The van der Waals surface area contributed by atoms with Gasteiger partial charge in [-0.05, 0) is 28.1 Å². The fourth-order valence-corrected chi connectivity index (χ4v) is 1.48. The van der Waals surface area contributed by atoms with Crippen molar-refractivity contribution in [3.8, 4) is 0 Å². The first kappa shape index (κ1) is 13.7. The molecule has 0 aliphatic carbocycles. The van der Waals surface area contributed by atoms with Gasteiger partial charge in [0.2, 0.25) is 5.91 Å². The number of furan rings is 1. The van der Waals surface area contributed by atoms with Crippen LogP contribution in [-0.2, 0) is 4.79 Å². The summed E-state index contributed by atoms with van der Waals surface area (Å²) >= 11 is 3.10. The second-order valence-corrected chi connectivity index (χ2v) is 4.19. The lowest BCUT2D eigenvalue weighted by Crippen LogP contribution is -2.39. The number of nitrogens with one attached hydrogen (secondary N) is 1. The summed E-state index contributed by atoms with van der Waals surface area (Å²) in [5.74, 6) is -0.415. The van der Waals surface area contributed by atoms with Gasteiger partial charge in [-0.2, -0.15) is 0 Å². The van der Waals surface area contributed by atoms with Gasteiger partial charge in [-0.15, -0.1) is 0 Å². The molecule has 1 rings (SSSR count). The third kappa shape index (κ3) is 4.20. The van der Waals surface area contributed by atoms with E-state index in [2.05, 4.69) is 21.2 Å². The number of rotatable bonds is 5. The lowest BCUT2D eigenvalue weighted by atomic mass is 10.4. The van der Waals surface area contributed by atoms with Crippen LogP contribution >= 0.6 is 15.9 Å². The highest BCUT2D eigenvalue weighted by Crippen LogP contribution is 2.15. The van der Waals surface area contributed by atoms with Gasteiger partial charge in [-0.1, -0.05) is 0 Å². The predicted octanol–water partition coefficient (Wildman–Crippen LogP) is 0.189. The molecule has 94 valence electrons. The van der Waals surface area contributed by atoms with E-state index in [1.165, 1.54) is 11.9 Å². The molecule has 17 heavy (non-hydrogen) atoms. The number of amides is 2. The summed E-state index contributed by atoms with van der Waals surface area (Å²) in [5.41, 5.74) is 5.25. The Hall–Kier alpha value is -1.34. The van der Waals surface area contributed by atoms with Crippen molar-refractivity contribution in [2.24, 2.45) is 5.73 Å². The van der Waals surface area contributed by atoms with E-state index in [9.17, 15) is 9.59 Å². The molecule has 0 aromatic carbocycles. The second kappa shape index (κ2) is 6.41. The molecular formula is C10H14BrN3O3. The highest BCUT2D eigenvalue weighted by Gasteiger charge is 2.17. The van der Waals surface area contributed by atoms with Gasteiger partial charge in [0.05, 0.1) is 6.54 Å². The largest absolute Gasteiger partial charge is 0.444 e. The van der Waals surface area contributed by atoms with Crippen LogP contribution in [0.2, 0.25) is 0 Å². The van der Waals surface area contributed by atoms with Gasteiger partial charge in [0.15, 0.2) is 10.4 Å². The number of hydrogen-bond acceptors (Lipinski definition) is 4. The first-order chi connectivity index (χ1) is 8.04. The van der Waals surface area contributed by atoms with Gasteiger partial charge < -0.3 is 20.4 Å². The minimum Gasteiger partial charge on any atom is -0.444 e. The van der Waals surface area contributed by atoms with Crippen molar-refractivity contribution < 1.29 is 14.0 Å². The van der Waals surface area contributed by atoms with E-state index in [0.29, 0.717) is 17.8 Å². The Morgan fingerprint density at radius 3 is 2.76 bits per heavy atom. The number of likely N-dealkylation sites (N-methyl/N-ethyl adjacent to an activating group) is 1. The molecule has 6 nitrogen and oxygen atoms in total. The maximum absolute atomic E-state index is 11.8. The normalized spacial score (nSPS) is 10.1. The van der Waals surface area contributed by atoms with Crippen LogP contribution in [0.5, 0.6) is 0 Å². The lowest BCUT2D eigenvalue weighted by Gasteiger charge is -2.15. The first-order valence-electron chi connectivity index (χ1n) is 5.02. The molecule has 7 heteroatoms. The molecule has 0 aliphatic heterocycles. The van der Waals surface area contributed by atoms with Crippen molar-refractivity contribution >= 4 is 27.7 Å². The molecule has 0 unspecified atom stereocenters. The lowest BCUT2D eigenvalue weighted by molar-refractivity contribution is -0.121. The van der Waals surface area contributed by atoms with Crippen LogP contribution in [0.25, 0.3) is 0 Å². The standard InChI is InChI=1S/C10H14BrN3O3/c1-14(6-9(15)13-5-4-12)10(16)7-2-3-8(11)17-7/h2-3H,4-6,12H2,1H3,(H,13,15). The van der Waals surface area contributed by atoms with Crippen molar-refractivity contribution in [3.63, 3.8) is 0 Å². The molecule has 0 saturated heterocycles.